The third kappa shape index (κ3) is 3.66. The summed E-state index contributed by atoms with van der Waals surface area (Å²) in [6, 6.07) is 15.8. The molecule has 0 bridgehead atoms. The predicted molar refractivity (Wildman–Crippen MR) is 76.7 cm³/mol. The Labute approximate surface area is 113 Å². The zero-order chi connectivity index (χ0) is 13.7. The van der Waals surface area contributed by atoms with Crippen molar-refractivity contribution in [2.24, 2.45) is 5.73 Å². The molecular weight excluding hydrogens is 236 g/mol. The van der Waals surface area contributed by atoms with Gasteiger partial charge in [0.05, 0.1) is 0 Å². The van der Waals surface area contributed by atoms with Crippen molar-refractivity contribution in [3.8, 4) is 0 Å². The monoisotopic (exact) mass is 254 g/mol. The molecule has 0 unspecified atom stereocenters. The molecule has 98 valence electrons. The number of nitrogens with one attached hydrogen (secondary N) is 1. The lowest BCUT2D eigenvalue weighted by Gasteiger charge is -2.08. The Morgan fingerprint density at radius 1 is 1.05 bits per heavy atom. The number of hydrogen-bond acceptors (Lipinski definition) is 2. The summed E-state index contributed by atoms with van der Waals surface area (Å²) < 4.78 is 0. The predicted octanol–water partition coefficient (Wildman–Crippen LogP) is 2.38. The van der Waals surface area contributed by atoms with E-state index in [4.69, 9.17) is 5.73 Å². The minimum absolute atomic E-state index is 0.382. The van der Waals surface area contributed by atoms with E-state index in [1.165, 1.54) is 11.1 Å². The van der Waals surface area contributed by atoms with Crippen LogP contribution >= 0.6 is 0 Å². The van der Waals surface area contributed by atoms with Gasteiger partial charge in [0.1, 0.15) is 0 Å². The summed E-state index contributed by atoms with van der Waals surface area (Å²) in [6.45, 7) is 3.47. The van der Waals surface area contributed by atoms with Gasteiger partial charge in [0.25, 0.3) is 0 Å². The fraction of sp³-hybridized carbons (Fsp3) is 0.188. The van der Waals surface area contributed by atoms with Gasteiger partial charge in [-0.1, -0.05) is 48.0 Å². The fourth-order valence-electron chi connectivity index (χ4n) is 1.96. The van der Waals surface area contributed by atoms with Gasteiger partial charge < -0.3 is 11.1 Å². The molecule has 0 saturated carbocycles. The van der Waals surface area contributed by atoms with Crippen LogP contribution in [-0.2, 0) is 13.1 Å². The van der Waals surface area contributed by atoms with Crippen molar-refractivity contribution in [3.63, 3.8) is 0 Å². The number of benzene rings is 2. The van der Waals surface area contributed by atoms with Gasteiger partial charge >= 0.3 is 0 Å². The van der Waals surface area contributed by atoms with Crippen molar-refractivity contribution in [1.29, 1.82) is 0 Å². The molecule has 0 saturated heterocycles. The summed E-state index contributed by atoms with van der Waals surface area (Å²) in [7, 11) is 0. The van der Waals surface area contributed by atoms with Crippen LogP contribution in [0.15, 0.2) is 48.5 Å². The summed E-state index contributed by atoms with van der Waals surface area (Å²) in [6.07, 6.45) is 0. The first kappa shape index (κ1) is 13.3. The van der Waals surface area contributed by atoms with E-state index in [-0.39, 0.29) is 5.91 Å². The van der Waals surface area contributed by atoms with E-state index < -0.39 is 0 Å². The van der Waals surface area contributed by atoms with Crippen molar-refractivity contribution >= 4 is 5.91 Å². The average Bonchev–Trinajstić information content (AvgIpc) is 2.41. The number of primary amides is 1. The van der Waals surface area contributed by atoms with E-state index in [9.17, 15) is 4.79 Å². The van der Waals surface area contributed by atoms with Gasteiger partial charge in [-0.2, -0.15) is 0 Å². The molecule has 0 fully saturated rings. The highest BCUT2D eigenvalue weighted by Gasteiger charge is 2.06. The number of carbonyl (C=O) groups is 1. The molecule has 0 spiro atoms. The van der Waals surface area contributed by atoms with E-state index in [0.29, 0.717) is 12.1 Å². The Bertz CT molecular complexity index is 561. The van der Waals surface area contributed by atoms with E-state index >= 15 is 0 Å². The maximum atomic E-state index is 11.3. The molecule has 0 radical (unpaired) electrons. The van der Waals surface area contributed by atoms with Gasteiger partial charge in [0.15, 0.2) is 0 Å². The van der Waals surface area contributed by atoms with Crippen molar-refractivity contribution in [2.45, 2.75) is 20.0 Å². The quantitative estimate of drug-likeness (QED) is 0.860. The Morgan fingerprint density at radius 3 is 2.42 bits per heavy atom. The van der Waals surface area contributed by atoms with Gasteiger partial charge in [0, 0.05) is 18.7 Å². The molecule has 1 amide bonds. The van der Waals surface area contributed by atoms with Gasteiger partial charge in [-0.05, 0) is 24.1 Å². The van der Waals surface area contributed by atoms with Gasteiger partial charge in [-0.3, -0.25) is 4.79 Å². The van der Waals surface area contributed by atoms with Gasteiger partial charge in [0.2, 0.25) is 5.91 Å². The maximum absolute atomic E-state index is 11.3. The largest absolute Gasteiger partial charge is 0.366 e. The number of amides is 1. The lowest BCUT2D eigenvalue weighted by Crippen LogP contribution is -2.18. The van der Waals surface area contributed by atoms with Gasteiger partial charge in [-0.25, -0.2) is 0 Å². The van der Waals surface area contributed by atoms with Crippen LogP contribution in [0, 0.1) is 6.92 Å². The fourth-order valence-corrected chi connectivity index (χ4v) is 1.96. The van der Waals surface area contributed by atoms with Crippen LogP contribution in [0.3, 0.4) is 0 Å². The first-order valence-electron chi connectivity index (χ1n) is 6.31. The normalized spacial score (nSPS) is 10.4. The molecule has 2 aromatic rings. The van der Waals surface area contributed by atoms with E-state index in [1.807, 2.05) is 18.2 Å². The van der Waals surface area contributed by atoms with Crippen LogP contribution in [0.2, 0.25) is 0 Å². The van der Waals surface area contributed by atoms with Crippen LogP contribution < -0.4 is 11.1 Å². The molecule has 0 atom stereocenters. The minimum atomic E-state index is -0.382. The highest BCUT2D eigenvalue weighted by molar-refractivity contribution is 5.94. The van der Waals surface area contributed by atoms with Crippen LogP contribution in [0.4, 0.5) is 0 Å². The van der Waals surface area contributed by atoms with Crippen molar-refractivity contribution in [3.05, 3.63) is 70.8 Å². The number of aryl methyl sites for hydroxylation is 1. The van der Waals surface area contributed by atoms with E-state index in [1.54, 1.807) is 6.07 Å². The smallest absolute Gasteiger partial charge is 0.249 e. The Hall–Kier alpha value is -2.13. The second-order valence-corrected chi connectivity index (χ2v) is 4.61. The molecule has 2 aromatic carbocycles. The molecule has 0 aliphatic carbocycles. The zero-order valence-electron chi connectivity index (χ0n) is 11.0. The first-order chi connectivity index (χ1) is 9.16. The average molecular weight is 254 g/mol. The summed E-state index contributed by atoms with van der Waals surface area (Å²) in [5, 5.41) is 3.32. The zero-order valence-corrected chi connectivity index (χ0v) is 11.0. The Kier molecular flexibility index (Phi) is 4.31. The van der Waals surface area contributed by atoms with Gasteiger partial charge in [-0.15, -0.1) is 0 Å². The van der Waals surface area contributed by atoms with Crippen LogP contribution in [0.25, 0.3) is 0 Å². The molecule has 0 aliphatic rings. The van der Waals surface area contributed by atoms with Crippen LogP contribution in [0.1, 0.15) is 27.0 Å². The maximum Gasteiger partial charge on any atom is 0.249 e. The second-order valence-electron chi connectivity index (χ2n) is 4.61. The standard InChI is InChI=1S/C16H18N2O/c1-12-6-8-13(9-7-12)10-18-11-14-4-2-3-5-15(14)16(17)19/h2-9,18H,10-11H2,1H3,(H2,17,19). The van der Waals surface area contributed by atoms with Crippen molar-refractivity contribution in [1.82, 2.24) is 5.32 Å². The van der Waals surface area contributed by atoms with E-state index in [2.05, 4.69) is 36.5 Å². The number of hydrogen-bond donors (Lipinski definition) is 2. The number of nitrogens with two attached hydrogens (primary N) is 1. The molecule has 0 heterocycles. The Balaban J connectivity index is 1.96. The SMILES string of the molecule is Cc1ccc(CNCc2ccccc2C(N)=O)cc1. The lowest BCUT2D eigenvalue weighted by molar-refractivity contribution is 0.0999. The first-order valence-corrected chi connectivity index (χ1v) is 6.31. The summed E-state index contributed by atoms with van der Waals surface area (Å²) in [5.74, 6) is -0.382. The Morgan fingerprint density at radius 2 is 1.74 bits per heavy atom. The molecule has 3 nitrogen and oxygen atoms in total. The van der Waals surface area contributed by atoms with Crippen LogP contribution in [-0.4, -0.2) is 5.91 Å². The number of rotatable bonds is 5. The second kappa shape index (κ2) is 6.16. The molecule has 0 aromatic heterocycles. The molecule has 2 rings (SSSR count). The summed E-state index contributed by atoms with van der Waals surface area (Å²) >= 11 is 0. The summed E-state index contributed by atoms with van der Waals surface area (Å²) in [5.41, 5.74) is 9.34. The third-order valence-corrected chi connectivity index (χ3v) is 3.05. The molecular formula is C16H18N2O. The highest BCUT2D eigenvalue weighted by Crippen LogP contribution is 2.08. The molecule has 3 N–H and O–H groups in total. The van der Waals surface area contributed by atoms with E-state index in [0.717, 1.165) is 12.1 Å². The molecule has 0 aliphatic heterocycles. The van der Waals surface area contributed by atoms with Crippen LogP contribution in [0.5, 0.6) is 0 Å². The number of carbonyl (C=O) groups excluding carboxylic acids is 1. The van der Waals surface area contributed by atoms with Crippen molar-refractivity contribution < 1.29 is 4.79 Å². The minimum Gasteiger partial charge on any atom is -0.366 e. The lowest BCUT2D eigenvalue weighted by atomic mass is 10.1. The molecule has 19 heavy (non-hydrogen) atoms. The summed E-state index contributed by atoms with van der Waals surface area (Å²) in [4.78, 5) is 11.3. The third-order valence-electron chi connectivity index (χ3n) is 3.05. The topological polar surface area (TPSA) is 55.1 Å². The van der Waals surface area contributed by atoms with Crippen molar-refractivity contribution in [2.75, 3.05) is 0 Å². The molecule has 3 heteroatoms. The highest BCUT2D eigenvalue weighted by atomic mass is 16.1.